The summed E-state index contributed by atoms with van der Waals surface area (Å²) < 4.78 is 6.94. The van der Waals surface area contributed by atoms with Gasteiger partial charge in [0.05, 0.1) is 24.6 Å². The molecule has 0 saturated carbocycles. The van der Waals surface area contributed by atoms with E-state index in [0.29, 0.717) is 17.5 Å². The summed E-state index contributed by atoms with van der Waals surface area (Å²) in [7, 11) is 3.37. The number of fused-ring (bicyclic) bond motifs is 1. The molecular formula is C18H21N9O. The fourth-order valence-corrected chi connectivity index (χ4v) is 3.48. The SMILES string of the molecule is [C-]#[N+]c1cnc(N[C@@H]2CCCN(c3cc4c(cn3)c(N)nn4C)C2)nc1OC. The molecule has 1 aliphatic heterocycles. The predicted molar refractivity (Wildman–Crippen MR) is 107 cm³/mol. The first-order valence-electron chi connectivity index (χ1n) is 8.97. The highest BCUT2D eigenvalue weighted by molar-refractivity contribution is 5.89. The number of rotatable bonds is 4. The van der Waals surface area contributed by atoms with Gasteiger partial charge in [0.15, 0.2) is 5.82 Å². The molecule has 3 N–H and O–H groups in total. The van der Waals surface area contributed by atoms with Gasteiger partial charge in [0.25, 0.3) is 5.69 Å². The second-order valence-corrected chi connectivity index (χ2v) is 6.70. The number of methoxy groups -OCH3 is 1. The molecule has 144 valence electrons. The lowest BCUT2D eigenvalue weighted by molar-refractivity contribution is 0.400. The standard InChI is InChI=1S/C18H21N9O/c1-20-13-9-22-18(24-17(13)28-3)23-11-5-4-6-27(10-11)15-7-14-12(8-21-15)16(19)25-26(14)2/h7-9,11H,4-6,10H2,2-3H3,(H2,19,25)(H,22,23,24)/t11-/m1/s1. The smallest absolute Gasteiger partial charge is 0.264 e. The van der Waals surface area contributed by atoms with Crippen LogP contribution in [0.3, 0.4) is 0 Å². The molecule has 4 heterocycles. The molecule has 0 radical (unpaired) electrons. The van der Waals surface area contributed by atoms with E-state index >= 15 is 0 Å². The zero-order chi connectivity index (χ0) is 19.7. The Labute approximate surface area is 162 Å². The maximum atomic E-state index is 7.12. The van der Waals surface area contributed by atoms with E-state index in [1.165, 1.54) is 13.3 Å². The Kier molecular flexibility index (Phi) is 4.57. The van der Waals surface area contributed by atoms with Crippen molar-refractivity contribution in [2.45, 2.75) is 18.9 Å². The molecule has 10 nitrogen and oxygen atoms in total. The van der Waals surface area contributed by atoms with Crippen LogP contribution >= 0.6 is 0 Å². The summed E-state index contributed by atoms with van der Waals surface area (Å²) >= 11 is 0. The Morgan fingerprint density at radius 1 is 1.36 bits per heavy atom. The van der Waals surface area contributed by atoms with Gasteiger partial charge in [-0.1, -0.05) is 0 Å². The van der Waals surface area contributed by atoms with E-state index in [9.17, 15) is 0 Å². The highest BCUT2D eigenvalue weighted by Crippen LogP contribution is 2.27. The van der Waals surface area contributed by atoms with Crippen molar-refractivity contribution in [3.63, 3.8) is 0 Å². The molecule has 3 aromatic rings. The molecule has 1 atom stereocenters. The van der Waals surface area contributed by atoms with Gasteiger partial charge in [-0.25, -0.2) is 14.8 Å². The maximum absolute atomic E-state index is 7.12. The first-order chi connectivity index (χ1) is 13.6. The van der Waals surface area contributed by atoms with Crippen LogP contribution in [0.2, 0.25) is 0 Å². The lowest BCUT2D eigenvalue weighted by Crippen LogP contribution is -2.42. The molecule has 0 unspecified atom stereocenters. The van der Waals surface area contributed by atoms with Crippen LogP contribution in [-0.4, -0.2) is 51.0 Å². The third kappa shape index (κ3) is 3.22. The van der Waals surface area contributed by atoms with Crippen molar-refractivity contribution >= 4 is 34.2 Å². The Morgan fingerprint density at radius 2 is 2.21 bits per heavy atom. The van der Waals surface area contributed by atoms with E-state index in [1.54, 1.807) is 10.9 Å². The van der Waals surface area contributed by atoms with Gasteiger partial charge >= 0.3 is 0 Å². The van der Waals surface area contributed by atoms with Gasteiger partial charge in [-0.05, 0) is 12.8 Å². The number of anilines is 3. The van der Waals surface area contributed by atoms with Crippen molar-refractivity contribution in [2.24, 2.45) is 7.05 Å². The van der Waals surface area contributed by atoms with Gasteiger partial charge < -0.3 is 20.7 Å². The lowest BCUT2D eigenvalue weighted by atomic mass is 10.1. The van der Waals surface area contributed by atoms with E-state index in [1.807, 2.05) is 13.1 Å². The topological polar surface area (TPSA) is 111 Å². The highest BCUT2D eigenvalue weighted by atomic mass is 16.5. The Hall–Kier alpha value is -3.61. The monoisotopic (exact) mass is 379 g/mol. The highest BCUT2D eigenvalue weighted by Gasteiger charge is 2.23. The third-order valence-electron chi connectivity index (χ3n) is 4.88. The van der Waals surface area contributed by atoms with E-state index in [0.717, 1.165) is 42.7 Å². The second-order valence-electron chi connectivity index (χ2n) is 6.70. The maximum Gasteiger partial charge on any atom is 0.264 e. The van der Waals surface area contributed by atoms with E-state index in [-0.39, 0.29) is 11.9 Å². The quantitative estimate of drug-likeness (QED) is 0.662. The summed E-state index contributed by atoms with van der Waals surface area (Å²) in [5.41, 5.74) is 7.18. The van der Waals surface area contributed by atoms with Crippen molar-refractivity contribution in [1.29, 1.82) is 0 Å². The number of nitrogens with one attached hydrogen (secondary N) is 1. The average Bonchev–Trinajstić information content (AvgIpc) is 3.01. The molecule has 10 heteroatoms. The van der Waals surface area contributed by atoms with Crippen LogP contribution in [-0.2, 0) is 7.05 Å². The summed E-state index contributed by atoms with van der Waals surface area (Å²) in [4.78, 5) is 18.7. The normalized spacial score (nSPS) is 16.8. The Balaban J connectivity index is 1.52. The molecule has 0 amide bonds. The first kappa shape index (κ1) is 17.8. The number of aromatic nitrogens is 5. The van der Waals surface area contributed by atoms with Crippen LogP contribution in [0.5, 0.6) is 5.88 Å². The molecule has 0 bridgehead atoms. The van der Waals surface area contributed by atoms with Crippen LogP contribution in [0.15, 0.2) is 18.5 Å². The fraction of sp³-hybridized carbons (Fsp3) is 0.389. The number of hydrogen-bond acceptors (Lipinski definition) is 8. The fourth-order valence-electron chi connectivity index (χ4n) is 3.48. The van der Waals surface area contributed by atoms with E-state index in [4.69, 9.17) is 17.0 Å². The van der Waals surface area contributed by atoms with Crippen molar-refractivity contribution in [3.8, 4) is 5.88 Å². The Morgan fingerprint density at radius 3 is 3.00 bits per heavy atom. The van der Waals surface area contributed by atoms with Crippen LogP contribution in [0.1, 0.15) is 12.8 Å². The molecule has 1 aliphatic rings. The summed E-state index contributed by atoms with van der Waals surface area (Å²) in [5, 5.41) is 8.46. The Bertz CT molecular complexity index is 1060. The molecule has 4 rings (SSSR count). The van der Waals surface area contributed by atoms with Crippen molar-refractivity contribution in [3.05, 3.63) is 29.9 Å². The minimum absolute atomic E-state index is 0.159. The van der Waals surface area contributed by atoms with Gasteiger partial charge in [0, 0.05) is 44.6 Å². The van der Waals surface area contributed by atoms with Crippen LogP contribution in [0, 0.1) is 6.57 Å². The van der Waals surface area contributed by atoms with Gasteiger partial charge in [-0.3, -0.25) is 4.68 Å². The number of pyridine rings is 1. The van der Waals surface area contributed by atoms with Crippen LogP contribution in [0.4, 0.5) is 23.3 Å². The van der Waals surface area contributed by atoms with Gasteiger partial charge in [0.2, 0.25) is 11.8 Å². The molecule has 3 aromatic heterocycles. The molecular weight excluding hydrogens is 358 g/mol. The first-order valence-corrected chi connectivity index (χ1v) is 8.97. The van der Waals surface area contributed by atoms with Crippen LogP contribution in [0.25, 0.3) is 15.7 Å². The van der Waals surface area contributed by atoms with Gasteiger partial charge in [-0.2, -0.15) is 10.1 Å². The molecule has 1 fully saturated rings. The van der Waals surface area contributed by atoms with Crippen molar-refractivity contribution in [2.75, 3.05) is 36.1 Å². The minimum atomic E-state index is 0.159. The third-order valence-corrected chi connectivity index (χ3v) is 4.88. The number of nitrogens with zero attached hydrogens (tertiary/aromatic N) is 7. The zero-order valence-corrected chi connectivity index (χ0v) is 15.8. The van der Waals surface area contributed by atoms with Crippen LogP contribution < -0.4 is 20.7 Å². The number of ether oxygens (including phenoxy) is 1. The summed E-state index contributed by atoms with van der Waals surface area (Å²) in [6.07, 6.45) is 5.26. The zero-order valence-electron chi connectivity index (χ0n) is 15.8. The molecule has 0 aromatic carbocycles. The van der Waals surface area contributed by atoms with Gasteiger partial charge in [-0.15, -0.1) is 0 Å². The molecule has 0 aliphatic carbocycles. The number of nitrogen functional groups attached to an aromatic ring is 1. The lowest BCUT2D eigenvalue weighted by Gasteiger charge is -2.34. The summed E-state index contributed by atoms with van der Waals surface area (Å²) in [5.74, 6) is 2.12. The van der Waals surface area contributed by atoms with E-state index < -0.39 is 0 Å². The number of nitrogens with two attached hydrogens (primary N) is 1. The number of aryl methyl sites for hydroxylation is 1. The molecule has 28 heavy (non-hydrogen) atoms. The van der Waals surface area contributed by atoms with Gasteiger partial charge in [0.1, 0.15) is 5.82 Å². The summed E-state index contributed by atoms with van der Waals surface area (Å²) in [6, 6.07) is 2.18. The second kappa shape index (κ2) is 7.19. The van der Waals surface area contributed by atoms with E-state index in [2.05, 4.69) is 35.1 Å². The number of hydrogen-bond donors (Lipinski definition) is 2. The predicted octanol–water partition coefficient (Wildman–Crippen LogP) is 1.98. The van der Waals surface area contributed by atoms with Crippen molar-refractivity contribution < 1.29 is 4.74 Å². The number of piperidine rings is 1. The largest absolute Gasteiger partial charge is 0.490 e. The average molecular weight is 379 g/mol. The molecule has 1 saturated heterocycles. The summed E-state index contributed by atoms with van der Waals surface area (Å²) in [6.45, 7) is 8.81. The molecule has 0 spiro atoms. The van der Waals surface area contributed by atoms with Crippen molar-refractivity contribution in [1.82, 2.24) is 24.7 Å². The minimum Gasteiger partial charge on any atom is -0.490 e.